The Labute approximate surface area is 146 Å². The number of hydrogen-bond donors (Lipinski definition) is 2. The van der Waals surface area contributed by atoms with Gasteiger partial charge >= 0.3 is 0 Å². The summed E-state index contributed by atoms with van der Waals surface area (Å²) < 4.78 is 5.60. The van der Waals surface area contributed by atoms with Gasteiger partial charge in [0.05, 0.1) is 12.2 Å². The maximum absolute atomic E-state index is 5.60. The van der Waals surface area contributed by atoms with Crippen LogP contribution in [0.5, 0.6) is 0 Å². The summed E-state index contributed by atoms with van der Waals surface area (Å²) in [5.41, 5.74) is 0.948. The van der Waals surface area contributed by atoms with E-state index in [0.29, 0.717) is 18.5 Å². The van der Waals surface area contributed by atoms with Crippen LogP contribution >= 0.6 is 0 Å². The largest absolute Gasteiger partial charge is 0.444 e. The number of rotatable bonds is 7. The zero-order valence-corrected chi connectivity index (χ0v) is 15.7. The minimum atomic E-state index is 0.554. The van der Waals surface area contributed by atoms with Gasteiger partial charge < -0.3 is 15.1 Å². The molecule has 0 bridgehead atoms. The van der Waals surface area contributed by atoms with E-state index in [0.717, 1.165) is 24.0 Å². The Morgan fingerprint density at radius 2 is 2.17 bits per heavy atom. The van der Waals surface area contributed by atoms with Gasteiger partial charge in [0.2, 0.25) is 5.89 Å². The first-order valence-corrected chi connectivity index (χ1v) is 9.25. The topological polar surface area (TPSA) is 65.7 Å². The summed E-state index contributed by atoms with van der Waals surface area (Å²) in [6.45, 7) is 10.1. The van der Waals surface area contributed by atoms with Crippen LogP contribution in [0.15, 0.2) is 9.41 Å². The number of hydrogen-bond acceptors (Lipinski definition) is 4. The van der Waals surface area contributed by atoms with Gasteiger partial charge in [-0.15, -0.1) is 0 Å². The number of likely N-dealkylation sites (tertiary alicyclic amines) is 1. The van der Waals surface area contributed by atoms with Crippen molar-refractivity contribution in [3.8, 4) is 0 Å². The molecule has 1 fully saturated rings. The molecule has 0 saturated carbocycles. The van der Waals surface area contributed by atoms with Crippen molar-refractivity contribution < 1.29 is 4.42 Å². The monoisotopic (exact) mass is 335 g/mol. The van der Waals surface area contributed by atoms with Gasteiger partial charge in [0, 0.05) is 19.6 Å². The number of piperidine rings is 1. The molecule has 0 aliphatic carbocycles. The van der Waals surface area contributed by atoms with Crippen LogP contribution in [0.3, 0.4) is 0 Å². The lowest BCUT2D eigenvalue weighted by Gasteiger charge is -2.36. The van der Waals surface area contributed by atoms with Crippen LogP contribution in [-0.2, 0) is 6.54 Å². The van der Waals surface area contributed by atoms with E-state index < -0.39 is 0 Å². The average molecular weight is 335 g/mol. The van der Waals surface area contributed by atoms with Gasteiger partial charge in [-0.1, -0.05) is 19.8 Å². The molecule has 1 aliphatic heterocycles. The summed E-state index contributed by atoms with van der Waals surface area (Å²) in [6, 6.07) is 0.607. The molecule has 136 valence electrons. The van der Waals surface area contributed by atoms with Gasteiger partial charge in [-0.3, -0.25) is 9.89 Å². The Kier molecular flexibility index (Phi) is 7.56. The van der Waals surface area contributed by atoms with E-state index in [1.54, 1.807) is 7.05 Å². The smallest absolute Gasteiger partial charge is 0.214 e. The maximum Gasteiger partial charge on any atom is 0.214 e. The van der Waals surface area contributed by atoms with Gasteiger partial charge in [-0.25, -0.2) is 4.98 Å². The van der Waals surface area contributed by atoms with Crippen molar-refractivity contribution in [2.45, 2.75) is 65.5 Å². The van der Waals surface area contributed by atoms with Gasteiger partial charge in [0.15, 0.2) is 5.96 Å². The normalized spacial score (nSPS) is 19.5. The number of unbranched alkanes of at least 4 members (excludes halogenated alkanes) is 1. The molecule has 1 aromatic rings. The summed E-state index contributed by atoms with van der Waals surface area (Å²) in [5.74, 6) is 2.39. The molecule has 1 aliphatic rings. The quantitative estimate of drug-likeness (QED) is 0.592. The van der Waals surface area contributed by atoms with E-state index in [9.17, 15) is 0 Å². The fraction of sp³-hybridized carbons (Fsp3) is 0.778. The highest BCUT2D eigenvalue weighted by Gasteiger charge is 2.21. The Bertz CT molecular complexity index is 506. The average Bonchev–Trinajstić information content (AvgIpc) is 2.92. The number of aromatic nitrogens is 1. The predicted octanol–water partition coefficient (Wildman–Crippen LogP) is 2.61. The van der Waals surface area contributed by atoms with Crippen LogP contribution in [0.25, 0.3) is 0 Å². The van der Waals surface area contributed by atoms with Gasteiger partial charge in [0.25, 0.3) is 0 Å². The van der Waals surface area contributed by atoms with Crippen LogP contribution in [0.4, 0.5) is 0 Å². The summed E-state index contributed by atoms with van der Waals surface area (Å²) in [5, 5.41) is 6.75. The molecule has 1 unspecified atom stereocenters. The number of aryl methyl sites for hydroxylation is 2. The summed E-state index contributed by atoms with van der Waals surface area (Å²) >= 11 is 0. The third-order valence-corrected chi connectivity index (χ3v) is 4.76. The molecule has 0 radical (unpaired) electrons. The highest BCUT2D eigenvalue weighted by Crippen LogP contribution is 2.17. The summed E-state index contributed by atoms with van der Waals surface area (Å²) in [7, 11) is 1.80. The highest BCUT2D eigenvalue weighted by molar-refractivity contribution is 5.79. The molecule has 1 saturated heterocycles. The fourth-order valence-electron chi connectivity index (χ4n) is 3.16. The van der Waals surface area contributed by atoms with Crippen LogP contribution in [-0.4, -0.2) is 48.6 Å². The van der Waals surface area contributed by atoms with Crippen molar-refractivity contribution in [2.75, 3.05) is 26.7 Å². The van der Waals surface area contributed by atoms with Crippen molar-refractivity contribution >= 4 is 5.96 Å². The lowest BCUT2D eigenvalue weighted by molar-refractivity contribution is 0.147. The lowest BCUT2D eigenvalue weighted by Crippen LogP contribution is -2.49. The molecule has 2 N–H and O–H groups in total. The first-order valence-electron chi connectivity index (χ1n) is 9.25. The van der Waals surface area contributed by atoms with E-state index in [1.807, 2.05) is 13.8 Å². The second-order valence-electron chi connectivity index (χ2n) is 6.59. The van der Waals surface area contributed by atoms with Crippen molar-refractivity contribution in [3.05, 3.63) is 17.3 Å². The third-order valence-electron chi connectivity index (χ3n) is 4.76. The SMILES string of the molecule is CCCCN1CCCCC1CNC(=NC)NCc1nc(C)c(C)o1. The van der Waals surface area contributed by atoms with Crippen molar-refractivity contribution in [2.24, 2.45) is 4.99 Å². The molecular formula is C18H33N5O. The number of nitrogens with zero attached hydrogens (tertiary/aromatic N) is 3. The Morgan fingerprint density at radius 3 is 2.83 bits per heavy atom. The molecule has 1 aromatic heterocycles. The summed E-state index contributed by atoms with van der Waals surface area (Å²) in [4.78, 5) is 11.3. The molecule has 2 heterocycles. The number of oxazole rings is 1. The first-order chi connectivity index (χ1) is 11.6. The zero-order valence-electron chi connectivity index (χ0n) is 15.7. The minimum absolute atomic E-state index is 0.554. The van der Waals surface area contributed by atoms with E-state index >= 15 is 0 Å². The fourth-order valence-corrected chi connectivity index (χ4v) is 3.16. The number of aliphatic imine (C=N–C) groups is 1. The lowest BCUT2D eigenvalue weighted by atomic mass is 10.0. The van der Waals surface area contributed by atoms with Crippen molar-refractivity contribution in [1.82, 2.24) is 20.5 Å². The molecule has 24 heavy (non-hydrogen) atoms. The number of guanidine groups is 1. The number of nitrogens with one attached hydrogen (secondary N) is 2. The van der Waals surface area contributed by atoms with E-state index in [-0.39, 0.29) is 0 Å². The second-order valence-corrected chi connectivity index (χ2v) is 6.59. The minimum Gasteiger partial charge on any atom is -0.444 e. The second kappa shape index (κ2) is 9.67. The molecule has 0 amide bonds. The van der Waals surface area contributed by atoms with Crippen LogP contribution in [0.2, 0.25) is 0 Å². The Morgan fingerprint density at radius 1 is 1.33 bits per heavy atom. The standard InChI is InChI=1S/C18H33N5O/c1-5-6-10-23-11-8-7-9-16(23)12-20-18(19-4)21-13-17-22-14(2)15(3)24-17/h16H,5-13H2,1-4H3,(H2,19,20,21). The molecule has 6 heteroatoms. The Hall–Kier alpha value is -1.56. The van der Waals surface area contributed by atoms with Gasteiger partial charge in [0.1, 0.15) is 5.76 Å². The van der Waals surface area contributed by atoms with E-state index in [4.69, 9.17) is 4.42 Å². The van der Waals surface area contributed by atoms with Crippen molar-refractivity contribution in [1.29, 1.82) is 0 Å². The summed E-state index contributed by atoms with van der Waals surface area (Å²) in [6.07, 6.45) is 6.47. The molecule has 0 spiro atoms. The molecule has 6 nitrogen and oxygen atoms in total. The van der Waals surface area contributed by atoms with E-state index in [2.05, 4.69) is 32.4 Å². The van der Waals surface area contributed by atoms with Gasteiger partial charge in [-0.05, 0) is 46.2 Å². The van der Waals surface area contributed by atoms with Crippen LogP contribution in [0.1, 0.15) is 56.4 Å². The molecule has 2 rings (SSSR count). The molecular weight excluding hydrogens is 302 g/mol. The Balaban J connectivity index is 1.79. The molecule has 1 atom stereocenters. The van der Waals surface area contributed by atoms with Crippen LogP contribution in [0, 0.1) is 13.8 Å². The predicted molar refractivity (Wildman–Crippen MR) is 98.3 cm³/mol. The highest BCUT2D eigenvalue weighted by atomic mass is 16.4. The van der Waals surface area contributed by atoms with Crippen LogP contribution < -0.4 is 10.6 Å². The molecule has 0 aromatic carbocycles. The first kappa shape index (κ1) is 18.8. The van der Waals surface area contributed by atoms with Gasteiger partial charge in [-0.2, -0.15) is 0 Å². The zero-order chi connectivity index (χ0) is 17.4. The maximum atomic E-state index is 5.60. The van der Waals surface area contributed by atoms with E-state index in [1.165, 1.54) is 45.2 Å². The van der Waals surface area contributed by atoms with Crippen molar-refractivity contribution in [3.63, 3.8) is 0 Å². The third kappa shape index (κ3) is 5.51.